The first-order valence-corrected chi connectivity index (χ1v) is 4.27. The van der Waals surface area contributed by atoms with E-state index in [1.165, 1.54) is 0 Å². The summed E-state index contributed by atoms with van der Waals surface area (Å²) in [4.78, 5) is 3.94. The van der Waals surface area contributed by atoms with Crippen molar-refractivity contribution in [1.29, 1.82) is 0 Å². The molecule has 2 rings (SSSR count). The Balaban J connectivity index is 2.91. The number of aromatic nitrogens is 1. The zero-order chi connectivity index (χ0) is 8.55. The van der Waals surface area contributed by atoms with Gasteiger partial charge in [0.15, 0.2) is 5.82 Å². The molecule has 1 nitrogen and oxygen atoms in total. The highest BCUT2D eigenvalue weighted by Gasteiger charge is 2.04. The number of fused-ring (bicyclic) bond motifs is 1. The molecule has 0 unspecified atom stereocenters. The van der Waals surface area contributed by atoms with E-state index in [0.29, 0.717) is 9.99 Å². The number of halogens is 2. The van der Waals surface area contributed by atoms with Crippen molar-refractivity contribution in [3.05, 3.63) is 40.8 Å². The van der Waals surface area contributed by atoms with Crippen LogP contribution in [-0.4, -0.2) is 4.98 Å². The molecule has 3 heteroatoms. The maximum absolute atomic E-state index is 13.3. The number of pyridine rings is 1. The molecule has 2 aromatic rings. The maximum atomic E-state index is 13.3. The number of hydrogen-bond acceptors (Lipinski definition) is 1. The molecule has 0 aliphatic heterocycles. The monoisotopic (exact) mass is 225 g/mol. The van der Waals surface area contributed by atoms with Gasteiger partial charge in [-0.05, 0) is 28.1 Å². The minimum absolute atomic E-state index is 0.298. The van der Waals surface area contributed by atoms with Gasteiger partial charge in [0, 0.05) is 11.6 Å². The van der Waals surface area contributed by atoms with Gasteiger partial charge >= 0.3 is 0 Å². The molecule has 0 aliphatic rings. The lowest BCUT2D eigenvalue weighted by Gasteiger charge is -1.98. The second-order valence-corrected chi connectivity index (χ2v) is 3.29. The van der Waals surface area contributed by atoms with Crippen LogP contribution in [0.1, 0.15) is 0 Å². The molecule has 1 heterocycles. The summed E-state index contributed by atoms with van der Waals surface area (Å²) in [5, 5.41) is 0.818. The first kappa shape index (κ1) is 7.68. The third-order valence-electron chi connectivity index (χ3n) is 1.67. The van der Waals surface area contributed by atoms with Crippen molar-refractivity contribution >= 4 is 26.8 Å². The lowest BCUT2D eigenvalue weighted by atomic mass is 10.2. The Labute approximate surface area is 77.4 Å². The summed E-state index contributed by atoms with van der Waals surface area (Å²) in [6, 6.07) is 7.13. The van der Waals surface area contributed by atoms with Gasteiger partial charge in [0.05, 0.1) is 4.47 Å². The van der Waals surface area contributed by atoms with E-state index in [-0.39, 0.29) is 5.82 Å². The van der Waals surface area contributed by atoms with E-state index in [2.05, 4.69) is 20.9 Å². The largest absolute Gasteiger partial charge is 0.253 e. The van der Waals surface area contributed by atoms with Crippen LogP contribution < -0.4 is 0 Å². The predicted octanol–water partition coefficient (Wildman–Crippen LogP) is 3.14. The van der Waals surface area contributed by atoms with Gasteiger partial charge in [0.25, 0.3) is 0 Å². The van der Waals surface area contributed by atoms with Crippen LogP contribution in [0.4, 0.5) is 4.39 Å². The molecule has 0 atom stereocenters. The lowest BCUT2D eigenvalue weighted by molar-refractivity contribution is 0.630. The zero-order valence-corrected chi connectivity index (χ0v) is 7.68. The van der Waals surface area contributed by atoms with E-state index < -0.39 is 0 Å². The number of benzene rings is 1. The van der Waals surface area contributed by atoms with E-state index in [0.717, 1.165) is 5.39 Å². The van der Waals surface area contributed by atoms with Gasteiger partial charge < -0.3 is 0 Å². The van der Waals surface area contributed by atoms with Gasteiger partial charge in [-0.25, -0.2) is 4.39 Å². The first-order valence-electron chi connectivity index (χ1n) is 3.48. The average Bonchev–Trinajstić information content (AvgIpc) is 2.12. The third kappa shape index (κ3) is 1.10. The Bertz CT molecular complexity index is 428. The fourth-order valence-corrected chi connectivity index (χ4v) is 1.40. The molecular formula is C9H5BrFN. The summed E-state index contributed by atoms with van der Waals surface area (Å²) in [6.45, 7) is 0. The van der Waals surface area contributed by atoms with Gasteiger partial charge in [0.2, 0.25) is 0 Å². The lowest BCUT2D eigenvalue weighted by Crippen LogP contribution is -1.84. The minimum atomic E-state index is -0.298. The average molecular weight is 226 g/mol. The van der Waals surface area contributed by atoms with E-state index in [9.17, 15) is 4.39 Å². The predicted molar refractivity (Wildman–Crippen MR) is 49.4 cm³/mol. The fourth-order valence-electron chi connectivity index (χ4n) is 1.08. The quantitative estimate of drug-likeness (QED) is 0.672. The Hall–Kier alpha value is -0.960. The second kappa shape index (κ2) is 2.83. The molecular weight excluding hydrogens is 221 g/mol. The second-order valence-electron chi connectivity index (χ2n) is 2.44. The summed E-state index contributed by atoms with van der Waals surface area (Å²) >= 11 is 3.10. The fraction of sp³-hybridized carbons (Fsp3) is 0. The molecule has 0 spiro atoms. The van der Waals surface area contributed by atoms with Crippen LogP contribution in [-0.2, 0) is 0 Å². The van der Waals surface area contributed by atoms with Crippen LogP contribution in [0.2, 0.25) is 0 Å². The van der Waals surface area contributed by atoms with Crippen LogP contribution in [0.5, 0.6) is 0 Å². The van der Waals surface area contributed by atoms with Gasteiger partial charge in [-0.15, -0.1) is 0 Å². The van der Waals surface area contributed by atoms with Crippen LogP contribution >= 0.6 is 15.9 Å². The molecule has 12 heavy (non-hydrogen) atoms. The van der Waals surface area contributed by atoms with Crippen molar-refractivity contribution in [3.63, 3.8) is 0 Å². The van der Waals surface area contributed by atoms with Crippen LogP contribution in [0, 0.1) is 5.82 Å². The number of hydrogen-bond donors (Lipinski definition) is 0. The van der Waals surface area contributed by atoms with E-state index >= 15 is 0 Å². The molecule has 0 N–H and O–H groups in total. The summed E-state index contributed by atoms with van der Waals surface area (Å²) in [5.41, 5.74) is 0.409. The van der Waals surface area contributed by atoms with Crippen molar-refractivity contribution in [1.82, 2.24) is 4.98 Å². The zero-order valence-electron chi connectivity index (χ0n) is 6.09. The van der Waals surface area contributed by atoms with Crippen molar-refractivity contribution in [2.75, 3.05) is 0 Å². The summed E-state index contributed by atoms with van der Waals surface area (Å²) in [6.07, 6.45) is 1.58. The maximum Gasteiger partial charge on any atom is 0.163 e. The highest BCUT2D eigenvalue weighted by atomic mass is 79.9. The normalized spacial score (nSPS) is 10.5. The Morgan fingerprint density at radius 2 is 2.08 bits per heavy atom. The highest BCUT2D eigenvalue weighted by Crippen LogP contribution is 2.22. The molecule has 0 saturated heterocycles. The minimum Gasteiger partial charge on any atom is -0.253 e. The van der Waals surface area contributed by atoms with Crippen molar-refractivity contribution < 1.29 is 4.39 Å². The first-order chi connectivity index (χ1) is 5.79. The SMILES string of the molecule is Fc1c(Br)ccc2cccnc12. The summed E-state index contributed by atoms with van der Waals surface area (Å²) in [7, 11) is 0. The smallest absolute Gasteiger partial charge is 0.163 e. The van der Waals surface area contributed by atoms with E-state index in [1.54, 1.807) is 18.3 Å². The van der Waals surface area contributed by atoms with Gasteiger partial charge in [-0.2, -0.15) is 0 Å². The summed E-state index contributed by atoms with van der Waals surface area (Å²) in [5.74, 6) is -0.298. The molecule has 0 amide bonds. The molecule has 1 aromatic heterocycles. The van der Waals surface area contributed by atoms with Gasteiger partial charge in [0.1, 0.15) is 5.52 Å². The number of nitrogens with zero attached hydrogens (tertiary/aromatic N) is 1. The van der Waals surface area contributed by atoms with Gasteiger partial charge in [-0.1, -0.05) is 12.1 Å². The molecule has 60 valence electrons. The van der Waals surface area contributed by atoms with Crippen LogP contribution in [0.25, 0.3) is 10.9 Å². The standard InChI is InChI=1S/C9H5BrFN/c10-7-4-3-6-2-1-5-12-9(6)8(7)11/h1-5H. The molecule has 0 radical (unpaired) electrons. The highest BCUT2D eigenvalue weighted by molar-refractivity contribution is 9.10. The number of rotatable bonds is 0. The molecule has 1 aromatic carbocycles. The molecule has 0 fully saturated rings. The van der Waals surface area contributed by atoms with Gasteiger partial charge in [-0.3, -0.25) is 4.98 Å². The van der Waals surface area contributed by atoms with E-state index in [4.69, 9.17) is 0 Å². The Morgan fingerprint density at radius 3 is 2.92 bits per heavy atom. The topological polar surface area (TPSA) is 12.9 Å². The van der Waals surface area contributed by atoms with Crippen LogP contribution in [0.15, 0.2) is 34.9 Å². The third-order valence-corrected chi connectivity index (χ3v) is 2.28. The molecule has 0 aliphatic carbocycles. The van der Waals surface area contributed by atoms with Crippen molar-refractivity contribution in [2.24, 2.45) is 0 Å². The van der Waals surface area contributed by atoms with Crippen LogP contribution in [0.3, 0.4) is 0 Å². The Kier molecular flexibility index (Phi) is 1.81. The van der Waals surface area contributed by atoms with Crippen molar-refractivity contribution in [3.8, 4) is 0 Å². The Morgan fingerprint density at radius 1 is 1.25 bits per heavy atom. The van der Waals surface area contributed by atoms with Crippen molar-refractivity contribution in [2.45, 2.75) is 0 Å². The summed E-state index contributed by atoms with van der Waals surface area (Å²) < 4.78 is 13.7. The molecule has 0 bridgehead atoms. The molecule has 0 saturated carbocycles. The van der Waals surface area contributed by atoms with E-state index in [1.807, 2.05) is 12.1 Å².